The fourth-order valence-electron chi connectivity index (χ4n) is 1.48. The van der Waals surface area contributed by atoms with Crippen LogP contribution in [0.25, 0.3) is 0 Å². The molecule has 0 aliphatic carbocycles. The molecule has 96 valence electrons. The molecule has 0 aliphatic heterocycles. The topological polar surface area (TPSA) is 75.1 Å². The maximum Gasteiger partial charge on any atom is 0.347 e. The molecular weight excluding hydrogens is 270 g/mol. The zero-order valence-electron chi connectivity index (χ0n) is 10.0. The zero-order valence-corrected chi connectivity index (χ0v) is 11.6. The van der Waals surface area contributed by atoms with Crippen molar-refractivity contribution in [1.29, 1.82) is 0 Å². The van der Waals surface area contributed by atoms with Crippen molar-refractivity contribution >= 4 is 33.8 Å². The molecule has 2 rings (SSSR count). The number of hydrogen-bond donors (Lipinski definition) is 2. The number of thiazole rings is 2. The maximum absolute atomic E-state index is 10.9. The summed E-state index contributed by atoms with van der Waals surface area (Å²) in [5, 5.41) is 15.8. The highest BCUT2D eigenvalue weighted by atomic mass is 32.1. The predicted molar refractivity (Wildman–Crippen MR) is 72.8 cm³/mol. The molecule has 7 heteroatoms. The van der Waals surface area contributed by atoms with Gasteiger partial charge >= 0.3 is 5.97 Å². The van der Waals surface area contributed by atoms with E-state index in [0.717, 1.165) is 5.01 Å². The number of nitrogens with zero attached hydrogens (tertiary/aromatic N) is 2. The lowest BCUT2D eigenvalue weighted by molar-refractivity contribution is 0.0701. The number of rotatable bonds is 5. The molecular formula is C11H13N3O2S2. The first-order valence-corrected chi connectivity index (χ1v) is 7.11. The van der Waals surface area contributed by atoms with E-state index in [-0.39, 0.29) is 5.92 Å². The smallest absolute Gasteiger partial charge is 0.347 e. The van der Waals surface area contributed by atoms with Crippen LogP contribution in [0.4, 0.5) is 5.13 Å². The van der Waals surface area contributed by atoms with Crippen LogP contribution in [-0.4, -0.2) is 27.6 Å². The van der Waals surface area contributed by atoms with Crippen molar-refractivity contribution in [3.8, 4) is 0 Å². The molecule has 0 spiro atoms. The van der Waals surface area contributed by atoms with Gasteiger partial charge in [-0.3, -0.25) is 0 Å². The first-order chi connectivity index (χ1) is 8.58. The van der Waals surface area contributed by atoms with Gasteiger partial charge in [0.1, 0.15) is 4.88 Å². The fourth-order valence-corrected chi connectivity index (χ4v) is 2.99. The predicted octanol–water partition coefficient (Wildman–Crippen LogP) is 2.82. The van der Waals surface area contributed by atoms with Gasteiger partial charge in [-0.25, -0.2) is 14.8 Å². The zero-order chi connectivity index (χ0) is 13.1. The van der Waals surface area contributed by atoms with Gasteiger partial charge in [-0.2, -0.15) is 0 Å². The summed E-state index contributed by atoms with van der Waals surface area (Å²) < 4.78 is 0. The summed E-state index contributed by atoms with van der Waals surface area (Å²) >= 11 is 2.79. The average molecular weight is 283 g/mol. The molecule has 2 aromatic rings. The largest absolute Gasteiger partial charge is 0.477 e. The highest BCUT2D eigenvalue weighted by molar-refractivity contribution is 7.17. The summed E-state index contributed by atoms with van der Waals surface area (Å²) in [6.45, 7) is 4.47. The number of nitrogens with one attached hydrogen (secondary N) is 1. The number of hydrogen-bond acceptors (Lipinski definition) is 6. The minimum atomic E-state index is -0.925. The summed E-state index contributed by atoms with van der Waals surface area (Å²) in [7, 11) is 0. The fraction of sp³-hybridized carbons (Fsp3) is 0.364. The first kappa shape index (κ1) is 13.0. The van der Waals surface area contributed by atoms with Crippen LogP contribution in [0.1, 0.15) is 33.2 Å². The Morgan fingerprint density at radius 3 is 2.94 bits per heavy atom. The molecule has 0 aromatic carbocycles. The summed E-state index contributed by atoms with van der Waals surface area (Å²) in [6, 6.07) is 0. The van der Waals surface area contributed by atoms with Crippen molar-refractivity contribution in [2.24, 2.45) is 0 Å². The van der Waals surface area contributed by atoms with Gasteiger partial charge in [-0.15, -0.1) is 11.3 Å². The minimum Gasteiger partial charge on any atom is -0.477 e. The van der Waals surface area contributed by atoms with Gasteiger partial charge in [0, 0.05) is 24.0 Å². The van der Waals surface area contributed by atoms with Crippen molar-refractivity contribution < 1.29 is 9.90 Å². The van der Waals surface area contributed by atoms with Crippen LogP contribution < -0.4 is 5.32 Å². The van der Waals surface area contributed by atoms with Crippen LogP contribution in [0, 0.1) is 6.92 Å². The lowest BCUT2D eigenvalue weighted by atomic mass is 10.2. The molecule has 1 atom stereocenters. The van der Waals surface area contributed by atoms with Crippen LogP contribution in [0.5, 0.6) is 0 Å². The number of anilines is 1. The molecule has 18 heavy (non-hydrogen) atoms. The molecule has 0 saturated heterocycles. The Kier molecular flexibility index (Phi) is 3.93. The monoisotopic (exact) mass is 283 g/mol. The van der Waals surface area contributed by atoms with Crippen LogP contribution in [-0.2, 0) is 0 Å². The Morgan fingerprint density at radius 1 is 1.61 bits per heavy atom. The Hall–Kier alpha value is -1.47. The van der Waals surface area contributed by atoms with E-state index in [2.05, 4.69) is 22.2 Å². The van der Waals surface area contributed by atoms with Gasteiger partial charge < -0.3 is 10.4 Å². The second kappa shape index (κ2) is 5.45. The lowest BCUT2D eigenvalue weighted by Crippen LogP contribution is -2.09. The number of carbonyl (C=O) groups is 1. The molecule has 0 saturated carbocycles. The third kappa shape index (κ3) is 2.85. The van der Waals surface area contributed by atoms with Crippen molar-refractivity contribution in [3.63, 3.8) is 0 Å². The molecule has 0 bridgehead atoms. The Labute approximate surface area is 113 Å². The van der Waals surface area contributed by atoms with Gasteiger partial charge in [0.05, 0.1) is 10.7 Å². The molecule has 0 amide bonds. The quantitative estimate of drug-likeness (QED) is 0.882. The van der Waals surface area contributed by atoms with E-state index in [1.165, 1.54) is 11.3 Å². The third-order valence-corrected chi connectivity index (χ3v) is 4.53. The van der Waals surface area contributed by atoms with Crippen LogP contribution in [0.2, 0.25) is 0 Å². The van der Waals surface area contributed by atoms with Crippen molar-refractivity contribution in [3.05, 3.63) is 27.2 Å². The Balaban J connectivity index is 1.98. The van der Waals surface area contributed by atoms with Gasteiger partial charge in [0.2, 0.25) is 0 Å². The molecule has 2 heterocycles. The number of carboxylic acid groups (broad SMARTS) is 1. The second-order valence-electron chi connectivity index (χ2n) is 3.89. The average Bonchev–Trinajstić information content (AvgIpc) is 2.94. The SMILES string of the molecule is Cc1nc(NCC(C)c2nccs2)sc1C(=O)O. The molecule has 5 nitrogen and oxygen atoms in total. The summed E-state index contributed by atoms with van der Waals surface area (Å²) in [4.78, 5) is 19.6. The van der Waals surface area contributed by atoms with E-state index >= 15 is 0 Å². The summed E-state index contributed by atoms with van der Waals surface area (Å²) in [5.41, 5.74) is 0.553. The molecule has 0 aliphatic rings. The highest BCUT2D eigenvalue weighted by Gasteiger charge is 2.15. The first-order valence-electron chi connectivity index (χ1n) is 5.42. The Morgan fingerprint density at radius 2 is 2.39 bits per heavy atom. The number of aromatic nitrogens is 2. The van der Waals surface area contributed by atoms with Crippen molar-refractivity contribution in [2.45, 2.75) is 19.8 Å². The van der Waals surface area contributed by atoms with Crippen LogP contribution >= 0.6 is 22.7 Å². The molecule has 1 unspecified atom stereocenters. The van der Waals surface area contributed by atoms with E-state index in [1.54, 1.807) is 24.5 Å². The van der Waals surface area contributed by atoms with E-state index in [9.17, 15) is 4.79 Å². The van der Waals surface area contributed by atoms with Crippen molar-refractivity contribution in [1.82, 2.24) is 9.97 Å². The second-order valence-corrected chi connectivity index (χ2v) is 5.82. The van der Waals surface area contributed by atoms with Crippen LogP contribution in [0.3, 0.4) is 0 Å². The van der Waals surface area contributed by atoms with E-state index in [0.29, 0.717) is 22.2 Å². The van der Waals surface area contributed by atoms with Gasteiger partial charge in [0.15, 0.2) is 5.13 Å². The Bertz CT molecular complexity index is 536. The molecule has 2 N–H and O–H groups in total. The highest BCUT2D eigenvalue weighted by Crippen LogP contribution is 2.24. The van der Waals surface area contributed by atoms with Crippen LogP contribution in [0.15, 0.2) is 11.6 Å². The molecule has 2 aromatic heterocycles. The summed E-state index contributed by atoms with van der Waals surface area (Å²) in [5.74, 6) is -0.645. The number of carboxylic acids is 1. The van der Waals surface area contributed by atoms with Gasteiger partial charge in [-0.1, -0.05) is 18.3 Å². The molecule has 0 fully saturated rings. The number of aryl methyl sites for hydroxylation is 1. The van der Waals surface area contributed by atoms with Crippen molar-refractivity contribution in [2.75, 3.05) is 11.9 Å². The van der Waals surface area contributed by atoms with E-state index in [1.807, 2.05) is 5.38 Å². The summed E-state index contributed by atoms with van der Waals surface area (Å²) in [6.07, 6.45) is 1.78. The van der Waals surface area contributed by atoms with Gasteiger partial charge in [0.25, 0.3) is 0 Å². The van der Waals surface area contributed by atoms with E-state index < -0.39 is 5.97 Å². The van der Waals surface area contributed by atoms with Gasteiger partial charge in [-0.05, 0) is 6.92 Å². The maximum atomic E-state index is 10.9. The minimum absolute atomic E-state index is 0.280. The standard InChI is InChI=1S/C11H13N3O2S2/c1-6(9-12-3-4-17-9)5-13-11-14-7(2)8(18-11)10(15)16/h3-4,6H,5H2,1-2H3,(H,13,14)(H,15,16). The normalized spacial score (nSPS) is 12.3. The lowest BCUT2D eigenvalue weighted by Gasteiger charge is -2.08. The molecule has 0 radical (unpaired) electrons. The van der Waals surface area contributed by atoms with E-state index in [4.69, 9.17) is 5.11 Å². The number of aromatic carboxylic acids is 1. The third-order valence-electron chi connectivity index (χ3n) is 2.42.